The van der Waals surface area contributed by atoms with Crippen LogP contribution in [0.15, 0.2) is 18.2 Å². The van der Waals surface area contributed by atoms with E-state index in [0.29, 0.717) is 18.3 Å². The Kier molecular flexibility index (Phi) is 5.16. The van der Waals surface area contributed by atoms with Gasteiger partial charge in [0.25, 0.3) is 0 Å². The molecule has 3 nitrogen and oxygen atoms in total. The maximum Gasteiger partial charge on any atom is 0.169 e. The predicted molar refractivity (Wildman–Crippen MR) is 74.9 cm³/mol. The number of rotatable bonds is 5. The van der Waals surface area contributed by atoms with Crippen LogP contribution in [0, 0.1) is 5.82 Å². The molecular formula is C15H23FN2O. The molecule has 1 heterocycles. The second-order valence-corrected chi connectivity index (χ2v) is 4.98. The molecule has 1 fully saturated rings. The number of hydrogen-bond donors (Lipinski definition) is 1. The van der Waals surface area contributed by atoms with Crippen molar-refractivity contribution in [3.63, 3.8) is 0 Å². The normalized spacial score (nSPS) is 16.8. The fourth-order valence-corrected chi connectivity index (χ4v) is 2.73. The summed E-state index contributed by atoms with van der Waals surface area (Å²) in [6.07, 6.45) is 2.28. The third kappa shape index (κ3) is 3.45. The molecule has 1 aliphatic heterocycles. The summed E-state index contributed by atoms with van der Waals surface area (Å²) in [7, 11) is 1.51. The lowest BCUT2D eigenvalue weighted by Gasteiger charge is -2.34. The molecule has 0 saturated carbocycles. The van der Waals surface area contributed by atoms with Crippen molar-refractivity contribution >= 4 is 0 Å². The lowest BCUT2D eigenvalue weighted by Crippen LogP contribution is -2.42. The number of ether oxygens (including phenoxy) is 1. The van der Waals surface area contributed by atoms with Crippen LogP contribution in [0.25, 0.3) is 0 Å². The third-order valence-corrected chi connectivity index (χ3v) is 3.87. The van der Waals surface area contributed by atoms with Crippen molar-refractivity contribution in [2.45, 2.75) is 32.4 Å². The predicted octanol–water partition coefficient (Wildman–Crippen LogP) is 2.41. The van der Waals surface area contributed by atoms with Gasteiger partial charge in [-0.15, -0.1) is 0 Å². The van der Waals surface area contributed by atoms with Crippen molar-refractivity contribution in [3.05, 3.63) is 29.6 Å². The van der Waals surface area contributed by atoms with Crippen LogP contribution in [-0.4, -0.2) is 37.7 Å². The van der Waals surface area contributed by atoms with E-state index in [-0.39, 0.29) is 5.82 Å². The molecule has 106 valence electrons. The summed E-state index contributed by atoms with van der Waals surface area (Å²) >= 11 is 0. The molecule has 1 aromatic rings. The summed E-state index contributed by atoms with van der Waals surface area (Å²) in [6.45, 7) is 5.86. The summed E-state index contributed by atoms with van der Waals surface area (Å²) in [5.74, 6) is 0.108. The standard InChI is InChI=1S/C15H23FN2O/c1-3-18(13-7-9-17-10-8-13)11-12-5-4-6-14(19-2)15(12)16/h4-6,13,17H,3,7-11H2,1-2H3. The molecule has 1 saturated heterocycles. The minimum absolute atomic E-state index is 0.225. The van der Waals surface area contributed by atoms with E-state index < -0.39 is 0 Å². The Morgan fingerprint density at radius 2 is 2.11 bits per heavy atom. The Labute approximate surface area is 114 Å². The smallest absolute Gasteiger partial charge is 0.169 e. The van der Waals surface area contributed by atoms with Gasteiger partial charge in [-0.1, -0.05) is 19.1 Å². The van der Waals surface area contributed by atoms with Gasteiger partial charge in [0.15, 0.2) is 11.6 Å². The van der Waals surface area contributed by atoms with Crippen molar-refractivity contribution in [3.8, 4) is 5.75 Å². The lowest BCUT2D eigenvalue weighted by molar-refractivity contribution is 0.160. The van der Waals surface area contributed by atoms with Crippen LogP contribution in [0.4, 0.5) is 4.39 Å². The highest BCUT2D eigenvalue weighted by atomic mass is 19.1. The third-order valence-electron chi connectivity index (χ3n) is 3.87. The number of halogens is 1. The zero-order valence-electron chi connectivity index (χ0n) is 11.8. The van der Waals surface area contributed by atoms with Crippen molar-refractivity contribution in [1.82, 2.24) is 10.2 Å². The van der Waals surface area contributed by atoms with Gasteiger partial charge in [-0.2, -0.15) is 0 Å². The Morgan fingerprint density at radius 3 is 2.74 bits per heavy atom. The molecular weight excluding hydrogens is 243 g/mol. The molecule has 0 radical (unpaired) electrons. The van der Waals surface area contributed by atoms with Gasteiger partial charge >= 0.3 is 0 Å². The van der Waals surface area contributed by atoms with Crippen LogP contribution >= 0.6 is 0 Å². The molecule has 1 aromatic carbocycles. The maximum atomic E-state index is 14.2. The fraction of sp³-hybridized carbons (Fsp3) is 0.600. The van der Waals surface area contributed by atoms with Crippen LogP contribution < -0.4 is 10.1 Å². The van der Waals surface area contributed by atoms with Crippen molar-refractivity contribution in [2.75, 3.05) is 26.7 Å². The molecule has 1 aliphatic rings. The molecule has 0 unspecified atom stereocenters. The van der Waals surface area contributed by atoms with Crippen molar-refractivity contribution in [2.24, 2.45) is 0 Å². The molecule has 0 amide bonds. The lowest BCUT2D eigenvalue weighted by atomic mass is 10.0. The van der Waals surface area contributed by atoms with E-state index in [0.717, 1.165) is 38.0 Å². The number of methoxy groups -OCH3 is 1. The minimum atomic E-state index is -0.225. The number of benzene rings is 1. The number of piperidine rings is 1. The second kappa shape index (κ2) is 6.87. The summed E-state index contributed by atoms with van der Waals surface area (Å²) in [5, 5.41) is 3.37. The van der Waals surface area contributed by atoms with Gasteiger partial charge in [0, 0.05) is 18.2 Å². The van der Waals surface area contributed by atoms with E-state index in [9.17, 15) is 4.39 Å². The topological polar surface area (TPSA) is 24.5 Å². The molecule has 1 N–H and O–H groups in total. The SMILES string of the molecule is CCN(Cc1cccc(OC)c1F)C1CCNCC1. The first-order valence-corrected chi connectivity index (χ1v) is 7.02. The summed E-state index contributed by atoms with van der Waals surface area (Å²) in [4.78, 5) is 2.36. The molecule has 0 spiro atoms. The van der Waals surface area contributed by atoms with Gasteiger partial charge in [-0.25, -0.2) is 4.39 Å². The van der Waals surface area contributed by atoms with Gasteiger partial charge in [0.2, 0.25) is 0 Å². The van der Waals surface area contributed by atoms with E-state index in [2.05, 4.69) is 17.1 Å². The zero-order chi connectivity index (χ0) is 13.7. The van der Waals surface area contributed by atoms with E-state index in [1.54, 1.807) is 6.07 Å². The first kappa shape index (κ1) is 14.3. The fourth-order valence-electron chi connectivity index (χ4n) is 2.73. The molecule has 19 heavy (non-hydrogen) atoms. The number of nitrogens with zero attached hydrogens (tertiary/aromatic N) is 1. The Hall–Kier alpha value is -1.13. The molecule has 0 bridgehead atoms. The van der Waals surface area contributed by atoms with E-state index >= 15 is 0 Å². The molecule has 0 atom stereocenters. The Morgan fingerprint density at radius 1 is 1.37 bits per heavy atom. The summed E-state index contributed by atoms with van der Waals surface area (Å²) in [6, 6.07) is 5.92. The Balaban J connectivity index is 2.09. The van der Waals surface area contributed by atoms with Gasteiger partial charge in [-0.3, -0.25) is 4.90 Å². The second-order valence-electron chi connectivity index (χ2n) is 4.98. The van der Waals surface area contributed by atoms with Gasteiger partial charge in [0.1, 0.15) is 0 Å². The molecule has 0 aromatic heterocycles. The van der Waals surface area contributed by atoms with E-state index in [1.165, 1.54) is 7.11 Å². The van der Waals surface area contributed by atoms with Crippen LogP contribution in [0.2, 0.25) is 0 Å². The van der Waals surface area contributed by atoms with Gasteiger partial charge in [-0.05, 0) is 38.5 Å². The largest absolute Gasteiger partial charge is 0.494 e. The summed E-state index contributed by atoms with van der Waals surface area (Å²) in [5.41, 5.74) is 0.722. The van der Waals surface area contributed by atoms with Gasteiger partial charge in [0.05, 0.1) is 7.11 Å². The minimum Gasteiger partial charge on any atom is -0.494 e. The van der Waals surface area contributed by atoms with Crippen LogP contribution in [-0.2, 0) is 6.54 Å². The zero-order valence-corrected chi connectivity index (χ0v) is 11.8. The van der Waals surface area contributed by atoms with Crippen LogP contribution in [0.1, 0.15) is 25.3 Å². The monoisotopic (exact) mass is 266 g/mol. The van der Waals surface area contributed by atoms with E-state index in [4.69, 9.17) is 4.74 Å². The molecule has 2 rings (SSSR count). The first-order valence-electron chi connectivity index (χ1n) is 7.02. The number of nitrogens with one attached hydrogen (secondary N) is 1. The average Bonchev–Trinajstić information content (AvgIpc) is 2.47. The highest BCUT2D eigenvalue weighted by Gasteiger charge is 2.21. The van der Waals surface area contributed by atoms with Crippen LogP contribution in [0.3, 0.4) is 0 Å². The van der Waals surface area contributed by atoms with Crippen molar-refractivity contribution in [1.29, 1.82) is 0 Å². The highest BCUT2D eigenvalue weighted by molar-refractivity contribution is 5.31. The quantitative estimate of drug-likeness (QED) is 0.885. The van der Waals surface area contributed by atoms with Gasteiger partial charge < -0.3 is 10.1 Å². The van der Waals surface area contributed by atoms with Crippen LogP contribution in [0.5, 0.6) is 5.75 Å². The summed E-state index contributed by atoms with van der Waals surface area (Å²) < 4.78 is 19.2. The Bertz CT molecular complexity index is 405. The first-order chi connectivity index (χ1) is 9.26. The molecule has 4 heteroatoms. The number of hydrogen-bond acceptors (Lipinski definition) is 3. The van der Waals surface area contributed by atoms with E-state index in [1.807, 2.05) is 12.1 Å². The average molecular weight is 266 g/mol. The molecule has 0 aliphatic carbocycles. The highest BCUT2D eigenvalue weighted by Crippen LogP contribution is 2.23. The maximum absolute atomic E-state index is 14.2. The van der Waals surface area contributed by atoms with Crippen molar-refractivity contribution < 1.29 is 9.13 Å².